The minimum absolute atomic E-state index is 0.260. The molecule has 8 heteroatoms. The Hall–Kier alpha value is -1.69. The average molecular weight is 302 g/mol. The third-order valence-electron chi connectivity index (χ3n) is 2.23. The second-order valence-corrected chi connectivity index (χ2v) is 5.81. The van der Waals surface area contributed by atoms with Crippen molar-refractivity contribution in [2.45, 2.75) is 12.8 Å². The first kappa shape index (κ1) is 16.4. The molecule has 1 aromatic carbocycles. The second kappa shape index (κ2) is 7.79. The summed E-state index contributed by atoms with van der Waals surface area (Å²) in [5.74, 6) is -2.18. The zero-order chi connectivity index (χ0) is 15.0. The Bertz CT molecular complexity index is 476. The van der Waals surface area contributed by atoms with Crippen LogP contribution in [0.3, 0.4) is 0 Å². The van der Waals surface area contributed by atoms with Crippen LogP contribution in [0, 0.1) is 0 Å². The van der Waals surface area contributed by atoms with Crippen LogP contribution in [0.15, 0.2) is 30.3 Å². The Morgan fingerprint density at radius 1 is 0.950 bits per heavy atom. The normalized spacial score (nSPS) is 11.2. The Kier molecular flexibility index (Phi) is 6.38. The van der Waals surface area contributed by atoms with Crippen LogP contribution in [0.25, 0.3) is 0 Å². The lowest BCUT2D eigenvalue weighted by Gasteiger charge is -2.18. The molecule has 20 heavy (non-hydrogen) atoms. The first-order chi connectivity index (χ1) is 9.44. The molecular weight excluding hydrogens is 287 g/mol. The first-order valence-electron chi connectivity index (χ1n) is 5.82. The average Bonchev–Trinajstić information content (AvgIpc) is 2.39. The highest BCUT2D eigenvalue weighted by Gasteiger charge is 2.27. The van der Waals surface area contributed by atoms with E-state index in [-0.39, 0.29) is 31.4 Å². The van der Waals surface area contributed by atoms with Gasteiger partial charge in [0, 0.05) is 0 Å². The molecular formula is C12H15O7P. The molecule has 0 aliphatic heterocycles. The minimum atomic E-state index is -3.71. The van der Waals surface area contributed by atoms with Gasteiger partial charge >= 0.3 is 19.5 Å². The largest absolute Gasteiger partial charge is 0.481 e. The first-order valence-corrected chi connectivity index (χ1v) is 7.36. The standard InChI is InChI=1S/C12H15O7P/c13-11(14)6-8-18-20(17,19-9-7-12(15)16)10-4-2-1-3-5-10/h1-5H,6-9H2,(H,13,14)(H,15,16). The van der Waals surface area contributed by atoms with E-state index in [0.717, 1.165) is 0 Å². The van der Waals surface area contributed by atoms with Crippen molar-refractivity contribution in [1.29, 1.82) is 0 Å². The highest BCUT2D eigenvalue weighted by molar-refractivity contribution is 7.62. The Balaban J connectivity index is 2.74. The molecule has 0 aromatic heterocycles. The Labute approximate surface area is 115 Å². The molecule has 2 N–H and O–H groups in total. The Morgan fingerprint density at radius 2 is 1.40 bits per heavy atom. The van der Waals surface area contributed by atoms with Gasteiger partial charge in [-0.3, -0.25) is 14.2 Å². The molecule has 0 fully saturated rings. The molecule has 0 radical (unpaired) electrons. The van der Waals surface area contributed by atoms with Crippen molar-refractivity contribution in [1.82, 2.24) is 0 Å². The topological polar surface area (TPSA) is 110 Å². The molecule has 0 unspecified atom stereocenters. The van der Waals surface area contributed by atoms with Crippen LogP contribution >= 0.6 is 7.60 Å². The lowest BCUT2D eigenvalue weighted by atomic mass is 10.4. The molecule has 7 nitrogen and oxygen atoms in total. The smallest absolute Gasteiger partial charge is 0.361 e. The molecule has 1 aromatic rings. The van der Waals surface area contributed by atoms with Crippen molar-refractivity contribution in [2.75, 3.05) is 13.2 Å². The van der Waals surface area contributed by atoms with E-state index in [9.17, 15) is 14.2 Å². The molecule has 0 saturated carbocycles. The second-order valence-electron chi connectivity index (χ2n) is 3.79. The summed E-state index contributed by atoms with van der Waals surface area (Å²) in [4.78, 5) is 20.9. The molecule has 110 valence electrons. The van der Waals surface area contributed by atoms with E-state index in [1.165, 1.54) is 12.1 Å². The fourth-order valence-electron chi connectivity index (χ4n) is 1.30. The van der Waals surface area contributed by atoms with Gasteiger partial charge < -0.3 is 19.3 Å². The molecule has 0 heterocycles. The molecule has 0 aliphatic carbocycles. The summed E-state index contributed by atoms with van der Waals surface area (Å²) in [6, 6.07) is 8.00. The summed E-state index contributed by atoms with van der Waals surface area (Å²) in [6.07, 6.45) is -0.641. The predicted molar refractivity (Wildman–Crippen MR) is 70.1 cm³/mol. The van der Waals surface area contributed by atoms with Crippen molar-refractivity contribution in [3.05, 3.63) is 30.3 Å². The molecule has 0 saturated heterocycles. The molecule has 0 spiro atoms. The van der Waals surface area contributed by atoms with E-state index in [1.807, 2.05) is 0 Å². The van der Waals surface area contributed by atoms with Gasteiger partial charge in [0.05, 0.1) is 31.4 Å². The summed E-state index contributed by atoms with van der Waals surface area (Å²) in [5.41, 5.74) is 0. The van der Waals surface area contributed by atoms with Gasteiger partial charge in [-0.15, -0.1) is 0 Å². The predicted octanol–water partition coefficient (Wildman–Crippen LogP) is 1.49. The van der Waals surface area contributed by atoms with Crippen LogP contribution < -0.4 is 5.30 Å². The van der Waals surface area contributed by atoms with E-state index in [4.69, 9.17) is 19.3 Å². The van der Waals surface area contributed by atoms with E-state index < -0.39 is 19.5 Å². The molecule has 0 amide bonds. The van der Waals surface area contributed by atoms with Crippen molar-refractivity contribution < 1.29 is 33.4 Å². The van der Waals surface area contributed by atoms with Crippen LogP contribution in [-0.4, -0.2) is 35.4 Å². The van der Waals surface area contributed by atoms with Gasteiger partial charge in [0.15, 0.2) is 0 Å². The van der Waals surface area contributed by atoms with Gasteiger partial charge in [0.25, 0.3) is 0 Å². The quantitative estimate of drug-likeness (QED) is 0.665. The third kappa shape index (κ3) is 5.52. The summed E-state index contributed by atoms with van der Waals surface area (Å²) >= 11 is 0. The minimum Gasteiger partial charge on any atom is -0.481 e. The van der Waals surface area contributed by atoms with Gasteiger partial charge in [-0.1, -0.05) is 18.2 Å². The van der Waals surface area contributed by atoms with Crippen LogP contribution in [0.5, 0.6) is 0 Å². The number of carboxylic acid groups (broad SMARTS) is 2. The highest BCUT2D eigenvalue weighted by atomic mass is 31.2. The van der Waals surface area contributed by atoms with Crippen LogP contribution in [0.2, 0.25) is 0 Å². The zero-order valence-corrected chi connectivity index (χ0v) is 11.5. The SMILES string of the molecule is O=C(O)CCOP(=O)(OCCC(=O)O)c1ccccc1. The number of carboxylic acids is 2. The molecule has 0 aliphatic rings. The summed E-state index contributed by atoms with van der Waals surface area (Å²) < 4.78 is 22.7. The zero-order valence-electron chi connectivity index (χ0n) is 10.6. The maximum Gasteiger partial charge on any atom is 0.361 e. The van der Waals surface area contributed by atoms with E-state index in [0.29, 0.717) is 0 Å². The van der Waals surface area contributed by atoms with Gasteiger partial charge in [-0.2, -0.15) is 0 Å². The maximum absolute atomic E-state index is 12.5. The monoisotopic (exact) mass is 302 g/mol. The highest BCUT2D eigenvalue weighted by Crippen LogP contribution is 2.47. The molecule has 0 atom stereocenters. The fourth-order valence-corrected chi connectivity index (χ4v) is 2.88. The summed E-state index contributed by atoms with van der Waals surface area (Å²) in [7, 11) is -3.71. The molecule has 0 bridgehead atoms. The van der Waals surface area contributed by atoms with Gasteiger partial charge in [-0.25, -0.2) is 0 Å². The van der Waals surface area contributed by atoms with Crippen molar-refractivity contribution in [3.63, 3.8) is 0 Å². The van der Waals surface area contributed by atoms with Crippen LogP contribution in [-0.2, 0) is 23.2 Å². The van der Waals surface area contributed by atoms with Crippen molar-refractivity contribution in [2.24, 2.45) is 0 Å². The number of hydrogen-bond donors (Lipinski definition) is 2. The maximum atomic E-state index is 12.5. The van der Waals surface area contributed by atoms with Gasteiger partial charge in [-0.05, 0) is 12.1 Å². The summed E-state index contributed by atoms with van der Waals surface area (Å²) in [6.45, 7) is -0.566. The molecule has 1 rings (SSSR count). The van der Waals surface area contributed by atoms with Crippen molar-refractivity contribution >= 4 is 24.8 Å². The summed E-state index contributed by atoms with van der Waals surface area (Å²) in [5, 5.41) is 17.3. The van der Waals surface area contributed by atoms with Crippen LogP contribution in [0.1, 0.15) is 12.8 Å². The fraction of sp³-hybridized carbons (Fsp3) is 0.333. The van der Waals surface area contributed by atoms with E-state index >= 15 is 0 Å². The Morgan fingerprint density at radius 3 is 1.80 bits per heavy atom. The van der Waals surface area contributed by atoms with Crippen molar-refractivity contribution in [3.8, 4) is 0 Å². The van der Waals surface area contributed by atoms with Gasteiger partial charge in [0.1, 0.15) is 0 Å². The lowest BCUT2D eigenvalue weighted by molar-refractivity contribution is -0.138. The number of hydrogen-bond acceptors (Lipinski definition) is 5. The number of aliphatic carboxylic acids is 2. The number of benzene rings is 1. The lowest BCUT2D eigenvalue weighted by Crippen LogP contribution is -2.14. The van der Waals surface area contributed by atoms with Crippen LogP contribution in [0.4, 0.5) is 0 Å². The number of rotatable bonds is 9. The number of carbonyl (C=O) groups is 2. The van der Waals surface area contributed by atoms with E-state index in [2.05, 4.69) is 0 Å². The third-order valence-corrected chi connectivity index (χ3v) is 4.20. The van der Waals surface area contributed by atoms with Gasteiger partial charge in [0.2, 0.25) is 0 Å². The van der Waals surface area contributed by atoms with E-state index in [1.54, 1.807) is 18.2 Å².